The van der Waals surface area contributed by atoms with E-state index in [1.165, 1.54) is 11.8 Å². The third kappa shape index (κ3) is 2.24. The van der Waals surface area contributed by atoms with Crippen LogP contribution in [0.3, 0.4) is 0 Å². The summed E-state index contributed by atoms with van der Waals surface area (Å²) in [5.74, 6) is 0.794. The van der Waals surface area contributed by atoms with E-state index >= 15 is 0 Å². The largest absolute Gasteiger partial charge is 0.496 e. The Balaban J connectivity index is 1.99. The van der Waals surface area contributed by atoms with Crippen molar-refractivity contribution >= 4 is 28.5 Å². The molecule has 0 atom stereocenters. The molecule has 1 heterocycles. The van der Waals surface area contributed by atoms with Gasteiger partial charge in [-0.2, -0.15) is 0 Å². The van der Waals surface area contributed by atoms with Gasteiger partial charge in [0.05, 0.1) is 17.7 Å². The first-order chi connectivity index (χ1) is 9.28. The van der Waals surface area contributed by atoms with E-state index in [-0.39, 0.29) is 0 Å². The van der Waals surface area contributed by atoms with Crippen LogP contribution >= 0.6 is 11.8 Å². The van der Waals surface area contributed by atoms with Crippen LogP contribution in [0, 0.1) is 0 Å². The van der Waals surface area contributed by atoms with Crippen molar-refractivity contribution in [2.45, 2.75) is 10.1 Å². The zero-order chi connectivity index (χ0) is 13.2. The molecule has 0 fully saturated rings. The summed E-state index contributed by atoms with van der Waals surface area (Å²) in [7, 11) is 1.64. The number of aromatic nitrogens is 1. The first kappa shape index (κ1) is 11.9. The number of nitrogen functional groups attached to an aromatic ring is 1. The van der Waals surface area contributed by atoms with Gasteiger partial charge in [-0.15, -0.1) is 0 Å². The van der Waals surface area contributed by atoms with E-state index in [2.05, 4.69) is 4.98 Å². The lowest BCUT2D eigenvalue weighted by atomic mass is 10.3. The predicted octanol–water partition coefficient (Wildman–Crippen LogP) is 3.57. The van der Waals surface area contributed by atoms with Crippen LogP contribution in [0.2, 0.25) is 0 Å². The molecule has 0 aliphatic rings. The van der Waals surface area contributed by atoms with Crippen LogP contribution in [0.4, 0.5) is 5.69 Å². The number of nitrogens with zero attached hydrogens (tertiary/aromatic N) is 1. The number of hydrogen-bond acceptors (Lipinski definition) is 5. The zero-order valence-corrected chi connectivity index (χ0v) is 11.1. The smallest absolute Gasteiger partial charge is 0.261 e. The van der Waals surface area contributed by atoms with E-state index < -0.39 is 0 Å². The van der Waals surface area contributed by atoms with Gasteiger partial charge in [0.2, 0.25) is 0 Å². The van der Waals surface area contributed by atoms with E-state index in [9.17, 15) is 0 Å². The molecular formula is C14H12N2O2S. The molecule has 3 aromatic rings. The highest BCUT2D eigenvalue weighted by atomic mass is 32.2. The summed E-state index contributed by atoms with van der Waals surface area (Å²) in [5.41, 5.74) is 7.87. The third-order valence-corrected chi connectivity index (χ3v) is 3.60. The summed E-state index contributed by atoms with van der Waals surface area (Å²) in [6, 6.07) is 13.2. The second kappa shape index (κ2) is 4.85. The molecule has 2 N–H and O–H groups in total. The van der Waals surface area contributed by atoms with Gasteiger partial charge in [-0.05, 0) is 36.0 Å². The lowest BCUT2D eigenvalue weighted by Crippen LogP contribution is -1.86. The maximum Gasteiger partial charge on any atom is 0.261 e. The Labute approximate surface area is 114 Å². The Morgan fingerprint density at radius 3 is 2.79 bits per heavy atom. The highest BCUT2D eigenvalue weighted by Gasteiger charge is 2.11. The van der Waals surface area contributed by atoms with Crippen LogP contribution in [0.5, 0.6) is 5.75 Å². The number of hydrogen-bond donors (Lipinski definition) is 1. The number of nitrogens with two attached hydrogens (primary N) is 1. The molecule has 0 spiro atoms. The van der Waals surface area contributed by atoms with Crippen LogP contribution in [0.25, 0.3) is 11.1 Å². The van der Waals surface area contributed by atoms with E-state index in [0.29, 0.717) is 22.0 Å². The SMILES string of the molecule is COc1ccccc1Sc1nc2c(N)cccc2o1. The molecule has 1 aromatic heterocycles. The van der Waals surface area contributed by atoms with E-state index in [1.54, 1.807) is 7.11 Å². The number of oxazole rings is 1. The normalized spacial score (nSPS) is 10.8. The predicted molar refractivity (Wildman–Crippen MR) is 75.5 cm³/mol. The summed E-state index contributed by atoms with van der Waals surface area (Å²) < 4.78 is 11.0. The fourth-order valence-corrected chi connectivity index (χ4v) is 2.65. The molecule has 0 aliphatic carbocycles. The highest BCUT2D eigenvalue weighted by Crippen LogP contribution is 2.36. The average Bonchev–Trinajstić information content (AvgIpc) is 2.83. The summed E-state index contributed by atoms with van der Waals surface area (Å²) in [6.07, 6.45) is 0. The zero-order valence-electron chi connectivity index (χ0n) is 10.3. The maximum absolute atomic E-state index is 5.86. The van der Waals surface area contributed by atoms with Crippen molar-refractivity contribution in [3.63, 3.8) is 0 Å². The molecule has 0 radical (unpaired) electrons. The quantitative estimate of drug-likeness (QED) is 0.738. The van der Waals surface area contributed by atoms with Crippen molar-refractivity contribution in [3.05, 3.63) is 42.5 Å². The first-order valence-electron chi connectivity index (χ1n) is 5.74. The Morgan fingerprint density at radius 1 is 1.16 bits per heavy atom. The van der Waals surface area contributed by atoms with Crippen molar-refractivity contribution in [1.82, 2.24) is 4.98 Å². The number of fused-ring (bicyclic) bond motifs is 1. The minimum atomic E-state index is 0.553. The lowest BCUT2D eigenvalue weighted by Gasteiger charge is -2.04. The van der Waals surface area contributed by atoms with Crippen LogP contribution < -0.4 is 10.5 Å². The van der Waals surface area contributed by atoms with E-state index in [0.717, 1.165) is 10.6 Å². The van der Waals surface area contributed by atoms with Crippen molar-refractivity contribution in [1.29, 1.82) is 0 Å². The molecule has 5 heteroatoms. The molecule has 19 heavy (non-hydrogen) atoms. The second-order valence-electron chi connectivity index (χ2n) is 3.93. The van der Waals surface area contributed by atoms with Crippen LogP contribution in [-0.4, -0.2) is 12.1 Å². The molecule has 0 saturated heterocycles. The van der Waals surface area contributed by atoms with Crippen LogP contribution in [0.15, 0.2) is 57.0 Å². The fourth-order valence-electron chi connectivity index (χ4n) is 1.79. The van der Waals surface area contributed by atoms with Crippen molar-refractivity contribution in [2.75, 3.05) is 12.8 Å². The molecule has 96 valence electrons. The van der Waals surface area contributed by atoms with Crippen molar-refractivity contribution < 1.29 is 9.15 Å². The summed E-state index contributed by atoms with van der Waals surface area (Å²) in [5, 5.41) is 0.553. The number of ether oxygens (including phenoxy) is 1. The van der Waals surface area contributed by atoms with E-state index in [1.807, 2.05) is 42.5 Å². The molecule has 2 aromatic carbocycles. The fraction of sp³-hybridized carbons (Fsp3) is 0.0714. The van der Waals surface area contributed by atoms with Gasteiger partial charge in [0.1, 0.15) is 11.3 Å². The molecule has 0 amide bonds. The van der Waals surface area contributed by atoms with Crippen LogP contribution in [-0.2, 0) is 0 Å². The number of anilines is 1. The molecule has 4 nitrogen and oxygen atoms in total. The molecular weight excluding hydrogens is 260 g/mol. The second-order valence-corrected chi connectivity index (χ2v) is 4.92. The topological polar surface area (TPSA) is 61.3 Å². The Hall–Kier alpha value is -2.14. The van der Waals surface area contributed by atoms with Gasteiger partial charge in [-0.1, -0.05) is 18.2 Å². The van der Waals surface area contributed by atoms with Gasteiger partial charge in [0.25, 0.3) is 5.22 Å². The van der Waals surface area contributed by atoms with Gasteiger partial charge in [-0.25, -0.2) is 4.98 Å². The van der Waals surface area contributed by atoms with Crippen LogP contribution in [0.1, 0.15) is 0 Å². The Kier molecular flexibility index (Phi) is 3.05. The number of rotatable bonds is 3. The standard InChI is InChI=1S/C14H12N2O2S/c1-17-10-6-2-3-8-12(10)19-14-16-13-9(15)5-4-7-11(13)18-14/h2-8H,15H2,1H3. The van der Waals surface area contributed by atoms with Crippen molar-refractivity contribution in [2.24, 2.45) is 0 Å². The van der Waals surface area contributed by atoms with Gasteiger partial charge in [0, 0.05) is 0 Å². The third-order valence-electron chi connectivity index (χ3n) is 2.70. The van der Waals surface area contributed by atoms with Gasteiger partial charge in [-0.3, -0.25) is 0 Å². The average molecular weight is 272 g/mol. The molecule has 0 unspecified atom stereocenters. The lowest BCUT2D eigenvalue weighted by molar-refractivity contribution is 0.404. The Morgan fingerprint density at radius 2 is 2.00 bits per heavy atom. The molecule has 0 aliphatic heterocycles. The summed E-state index contributed by atoms with van der Waals surface area (Å²) in [4.78, 5) is 5.35. The van der Waals surface area contributed by atoms with Gasteiger partial charge >= 0.3 is 0 Å². The minimum Gasteiger partial charge on any atom is -0.496 e. The monoisotopic (exact) mass is 272 g/mol. The Bertz CT molecular complexity index is 724. The number of benzene rings is 2. The highest BCUT2D eigenvalue weighted by molar-refractivity contribution is 7.99. The number of para-hydroxylation sites is 2. The number of methoxy groups -OCH3 is 1. The summed E-state index contributed by atoms with van der Waals surface area (Å²) in [6.45, 7) is 0. The maximum atomic E-state index is 5.86. The van der Waals surface area contributed by atoms with E-state index in [4.69, 9.17) is 14.9 Å². The van der Waals surface area contributed by atoms with Gasteiger partial charge in [0.15, 0.2) is 5.58 Å². The van der Waals surface area contributed by atoms with Gasteiger partial charge < -0.3 is 14.9 Å². The minimum absolute atomic E-state index is 0.553. The summed E-state index contributed by atoms with van der Waals surface area (Å²) >= 11 is 1.41. The molecule has 0 saturated carbocycles. The first-order valence-corrected chi connectivity index (χ1v) is 6.55. The molecule has 0 bridgehead atoms. The molecule has 3 rings (SSSR count). The van der Waals surface area contributed by atoms with Crippen molar-refractivity contribution in [3.8, 4) is 5.75 Å².